The quantitative estimate of drug-likeness (QED) is 0.881. The highest BCUT2D eigenvalue weighted by atomic mass is 16.3. The molecule has 2 aromatic rings. The second-order valence-corrected chi connectivity index (χ2v) is 5.84. The van der Waals surface area contributed by atoms with Gasteiger partial charge >= 0.3 is 0 Å². The number of nitrogens with one attached hydrogen (secondary N) is 2. The maximum Gasteiger partial charge on any atom is 0.251 e. The first-order valence-electron chi connectivity index (χ1n) is 7.23. The van der Waals surface area contributed by atoms with E-state index in [9.17, 15) is 4.79 Å². The van der Waals surface area contributed by atoms with Crippen LogP contribution in [0.1, 0.15) is 35.4 Å². The molecular formula is C16H15N3O2. The SMILES string of the molecule is N#Cc1cc2cc(C(=O)N[C@@H]3C[C@H]4CC[C@@H]3N4)ccc2o1. The minimum atomic E-state index is -0.0593. The van der Waals surface area contributed by atoms with E-state index in [1.165, 1.54) is 6.42 Å². The van der Waals surface area contributed by atoms with Gasteiger partial charge in [-0.05, 0) is 37.5 Å². The van der Waals surface area contributed by atoms with E-state index in [1.54, 1.807) is 24.3 Å². The zero-order valence-electron chi connectivity index (χ0n) is 11.4. The highest BCUT2D eigenvalue weighted by Gasteiger charge is 2.39. The van der Waals surface area contributed by atoms with Crippen molar-refractivity contribution in [3.63, 3.8) is 0 Å². The number of hydrogen-bond acceptors (Lipinski definition) is 4. The lowest BCUT2D eigenvalue weighted by molar-refractivity contribution is 0.0931. The minimum absolute atomic E-state index is 0.0593. The number of carbonyl (C=O) groups is 1. The van der Waals surface area contributed by atoms with Crippen LogP contribution in [0.25, 0.3) is 11.0 Å². The zero-order chi connectivity index (χ0) is 14.4. The summed E-state index contributed by atoms with van der Waals surface area (Å²) in [5.41, 5.74) is 1.24. The summed E-state index contributed by atoms with van der Waals surface area (Å²) in [6.07, 6.45) is 3.37. The lowest BCUT2D eigenvalue weighted by Crippen LogP contribution is -2.42. The molecule has 2 aliphatic rings. The number of carbonyl (C=O) groups excluding carboxylic acids is 1. The van der Waals surface area contributed by atoms with E-state index in [1.807, 2.05) is 6.07 Å². The summed E-state index contributed by atoms with van der Waals surface area (Å²) in [5, 5.41) is 16.2. The molecule has 0 radical (unpaired) electrons. The molecule has 0 saturated carbocycles. The van der Waals surface area contributed by atoms with Crippen LogP contribution in [-0.4, -0.2) is 24.0 Å². The molecular weight excluding hydrogens is 266 g/mol. The maximum atomic E-state index is 12.4. The summed E-state index contributed by atoms with van der Waals surface area (Å²) in [7, 11) is 0. The first kappa shape index (κ1) is 12.4. The molecule has 0 spiro atoms. The molecule has 0 unspecified atom stereocenters. The second kappa shape index (κ2) is 4.61. The van der Waals surface area contributed by atoms with Crippen LogP contribution in [0, 0.1) is 11.3 Å². The summed E-state index contributed by atoms with van der Waals surface area (Å²) in [6, 6.07) is 10.1. The van der Waals surface area contributed by atoms with E-state index < -0.39 is 0 Å². The summed E-state index contributed by atoms with van der Waals surface area (Å²) >= 11 is 0. The van der Waals surface area contributed by atoms with Crippen molar-refractivity contribution < 1.29 is 9.21 Å². The van der Waals surface area contributed by atoms with Gasteiger partial charge in [-0.3, -0.25) is 4.79 Å². The fourth-order valence-electron chi connectivity index (χ4n) is 3.48. The molecule has 2 bridgehead atoms. The molecule has 106 valence electrons. The minimum Gasteiger partial charge on any atom is -0.446 e. The standard InChI is InChI=1S/C16H15N3O2/c17-8-12-6-10-5-9(1-4-15(10)21-12)16(20)19-14-7-11-2-3-13(14)18-11/h1,4-6,11,13-14,18H,2-3,7H2,(H,19,20)/t11-,13+,14-/m1/s1. The number of benzene rings is 1. The van der Waals surface area contributed by atoms with Crippen LogP contribution >= 0.6 is 0 Å². The van der Waals surface area contributed by atoms with Crippen LogP contribution in [0.4, 0.5) is 0 Å². The van der Waals surface area contributed by atoms with Gasteiger partial charge in [0.05, 0.1) is 0 Å². The molecule has 2 N–H and O–H groups in total. The smallest absolute Gasteiger partial charge is 0.251 e. The van der Waals surface area contributed by atoms with Crippen molar-refractivity contribution in [2.24, 2.45) is 0 Å². The Kier molecular flexibility index (Phi) is 2.72. The lowest BCUT2D eigenvalue weighted by atomic mass is 9.95. The van der Waals surface area contributed by atoms with Gasteiger partial charge in [-0.25, -0.2) is 0 Å². The molecule has 3 atom stereocenters. The topological polar surface area (TPSA) is 78.1 Å². The Morgan fingerprint density at radius 3 is 3.00 bits per heavy atom. The molecule has 1 aromatic heterocycles. The van der Waals surface area contributed by atoms with E-state index in [0.29, 0.717) is 23.2 Å². The fraction of sp³-hybridized carbons (Fsp3) is 0.375. The highest BCUT2D eigenvalue weighted by molar-refractivity contribution is 5.98. The van der Waals surface area contributed by atoms with Gasteiger partial charge in [-0.2, -0.15) is 5.26 Å². The molecule has 2 aliphatic heterocycles. The predicted octanol–water partition coefficient (Wildman–Crippen LogP) is 1.93. The molecule has 1 aromatic carbocycles. The van der Waals surface area contributed by atoms with Gasteiger partial charge in [0.2, 0.25) is 5.76 Å². The number of hydrogen-bond donors (Lipinski definition) is 2. The summed E-state index contributed by atoms with van der Waals surface area (Å²) < 4.78 is 5.32. The van der Waals surface area contributed by atoms with Gasteiger partial charge in [-0.15, -0.1) is 0 Å². The molecule has 4 rings (SSSR count). The second-order valence-electron chi connectivity index (χ2n) is 5.84. The summed E-state index contributed by atoms with van der Waals surface area (Å²) in [5.74, 6) is 0.204. The van der Waals surface area contributed by atoms with Crippen molar-refractivity contribution in [3.05, 3.63) is 35.6 Å². The van der Waals surface area contributed by atoms with Crippen molar-refractivity contribution in [3.8, 4) is 6.07 Å². The molecule has 2 saturated heterocycles. The molecule has 0 aliphatic carbocycles. The van der Waals surface area contributed by atoms with E-state index in [0.717, 1.165) is 18.2 Å². The molecule has 5 nitrogen and oxygen atoms in total. The Morgan fingerprint density at radius 2 is 2.29 bits per heavy atom. The fourth-order valence-corrected chi connectivity index (χ4v) is 3.48. The third-order valence-electron chi connectivity index (χ3n) is 4.51. The lowest BCUT2D eigenvalue weighted by Gasteiger charge is -2.21. The Labute approximate surface area is 121 Å². The average molecular weight is 281 g/mol. The molecule has 21 heavy (non-hydrogen) atoms. The Hall–Kier alpha value is -2.32. The van der Waals surface area contributed by atoms with Gasteiger partial charge in [0, 0.05) is 35.1 Å². The third kappa shape index (κ3) is 2.08. The van der Waals surface area contributed by atoms with Crippen molar-refractivity contribution in [1.82, 2.24) is 10.6 Å². The van der Waals surface area contributed by atoms with E-state index in [2.05, 4.69) is 10.6 Å². The van der Waals surface area contributed by atoms with Gasteiger partial charge in [0.1, 0.15) is 11.7 Å². The largest absolute Gasteiger partial charge is 0.446 e. The molecule has 2 fully saturated rings. The summed E-state index contributed by atoms with van der Waals surface area (Å²) in [6.45, 7) is 0. The van der Waals surface area contributed by atoms with Gasteiger partial charge in [-0.1, -0.05) is 0 Å². The number of nitriles is 1. The molecule has 1 amide bonds. The van der Waals surface area contributed by atoms with Crippen LogP contribution in [-0.2, 0) is 0 Å². The van der Waals surface area contributed by atoms with Crippen LogP contribution in [0.15, 0.2) is 28.7 Å². The van der Waals surface area contributed by atoms with Crippen molar-refractivity contribution in [1.29, 1.82) is 5.26 Å². The van der Waals surface area contributed by atoms with Crippen molar-refractivity contribution in [2.45, 2.75) is 37.4 Å². The Balaban J connectivity index is 1.55. The van der Waals surface area contributed by atoms with Gasteiger partial charge < -0.3 is 15.1 Å². The van der Waals surface area contributed by atoms with Crippen LogP contribution in [0.2, 0.25) is 0 Å². The van der Waals surface area contributed by atoms with Gasteiger partial charge in [0.15, 0.2) is 0 Å². The van der Waals surface area contributed by atoms with E-state index >= 15 is 0 Å². The van der Waals surface area contributed by atoms with Crippen LogP contribution in [0.3, 0.4) is 0 Å². The molecule has 5 heteroatoms. The van der Waals surface area contributed by atoms with Crippen LogP contribution < -0.4 is 10.6 Å². The number of nitrogens with zero attached hydrogens (tertiary/aromatic N) is 1. The Morgan fingerprint density at radius 1 is 1.38 bits per heavy atom. The monoisotopic (exact) mass is 281 g/mol. The predicted molar refractivity (Wildman–Crippen MR) is 76.7 cm³/mol. The molecule has 3 heterocycles. The normalized spacial score (nSPS) is 26.9. The number of amides is 1. The highest BCUT2D eigenvalue weighted by Crippen LogP contribution is 2.28. The zero-order valence-corrected chi connectivity index (χ0v) is 11.4. The summed E-state index contributed by atoms with van der Waals surface area (Å²) in [4.78, 5) is 12.4. The van der Waals surface area contributed by atoms with E-state index in [-0.39, 0.29) is 17.7 Å². The van der Waals surface area contributed by atoms with Crippen LogP contribution in [0.5, 0.6) is 0 Å². The number of furan rings is 1. The first-order chi connectivity index (χ1) is 10.2. The first-order valence-corrected chi connectivity index (χ1v) is 7.23. The maximum absolute atomic E-state index is 12.4. The van der Waals surface area contributed by atoms with Crippen molar-refractivity contribution in [2.75, 3.05) is 0 Å². The van der Waals surface area contributed by atoms with Gasteiger partial charge in [0.25, 0.3) is 5.91 Å². The third-order valence-corrected chi connectivity index (χ3v) is 4.51. The number of fused-ring (bicyclic) bond motifs is 3. The van der Waals surface area contributed by atoms with E-state index in [4.69, 9.17) is 9.68 Å². The Bertz CT molecular complexity index is 758. The van der Waals surface area contributed by atoms with Crippen molar-refractivity contribution >= 4 is 16.9 Å². The number of rotatable bonds is 2. The average Bonchev–Trinajstić information content (AvgIpc) is 3.20.